The normalized spacial score (nSPS) is 13.5. The first-order valence-corrected chi connectivity index (χ1v) is 29.8. The molecule has 2 aromatic heterocycles. The van der Waals surface area contributed by atoms with Crippen LogP contribution in [0.15, 0.2) is 122 Å². The molecular weight excluding hydrogens is 1010 g/mol. The molecule has 0 unspecified atom stereocenters. The van der Waals surface area contributed by atoms with E-state index in [2.05, 4.69) is 53.8 Å². The molecule has 0 amide bonds. The highest BCUT2D eigenvalue weighted by Gasteiger charge is 2.45. The molecule has 0 spiro atoms. The molecule has 6 rings (SSSR count). The maximum atomic E-state index is 14.5. The van der Waals surface area contributed by atoms with Gasteiger partial charge in [-0.1, -0.05) is 84.2 Å². The van der Waals surface area contributed by atoms with Crippen LogP contribution in [0.25, 0.3) is 0 Å². The highest BCUT2D eigenvalue weighted by atomic mass is 32.2. The van der Waals surface area contributed by atoms with Gasteiger partial charge in [0.2, 0.25) is 20.0 Å². The standard InChI is InChI=1S/C30H43N3O5SSi.C24H29N3O5S.2CH4/c1-22-18-31-29(32-19-22)28(38-40(8,9)30(3,4)5)23(2)39(34,35)33(20-24-10-14-26(36-6)15-11-24)21-25-12-16-27(37-7)17-13-25;1-17-13-25-24(26-14-17)23(28)18(2)33(29,30)27(15-19-5-9-21(31-3)10-6-19)16-20-7-11-22(32-4)12-8-20;;/h10-19,23,28H,20-21H2,1-9H3;5-14,18,23,28H,15-16H2,1-4H3;2*1H4/t23-,28-;18-,23-;;/m00../s1. The average molecular weight is 1090 g/mol. The summed E-state index contributed by atoms with van der Waals surface area (Å²) in [7, 11) is -3.90. The predicted octanol–water partition coefficient (Wildman–Crippen LogP) is 10.8. The van der Waals surface area contributed by atoms with Crippen LogP contribution >= 0.6 is 0 Å². The third-order valence-electron chi connectivity index (χ3n) is 13.0. The van der Waals surface area contributed by atoms with E-state index >= 15 is 0 Å². The fraction of sp³-hybridized carbons (Fsp3) is 0.429. The average Bonchev–Trinajstić information content (AvgIpc) is 3.38. The molecule has 0 aliphatic heterocycles. The monoisotopic (exact) mass is 1090 g/mol. The van der Waals surface area contributed by atoms with Gasteiger partial charge in [0.15, 0.2) is 20.0 Å². The van der Waals surface area contributed by atoms with Crippen molar-refractivity contribution in [1.82, 2.24) is 28.5 Å². The molecule has 0 radical (unpaired) electrons. The van der Waals surface area contributed by atoms with Gasteiger partial charge in [0.1, 0.15) is 45.7 Å². The van der Waals surface area contributed by atoms with Crippen molar-refractivity contribution in [3.63, 3.8) is 0 Å². The van der Waals surface area contributed by atoms with E-state index in [1.54, 1.807) is 84.4 Å². The highest BCUT2D eigenvalue weighted by molar-refractivity contribution is 7.90. The molecule has 1 N–H and O–H groups in total. The quantitative estimate of drug-likeness (QED) is 0.0631. The van der Waals surface area contributed by atoms with E-state index in [-0.39, 0.29) is 51.9 Å². The first-order chi connectivity index (χ1) is 34.4. The molecule has 75 heavy (non-hydrogen) atoms. The first-order valence-electron chi connectivity index (χ1n) is 23.8. The van der Waals surface area contributed by atoms with Crippen LogP contribution in [0, 0.1) is 13.8 Å². The van der Waals surface area contributed by atoms with Crippen molar-refractivity contribution in [2.75, 3.05) is 28.4 Å². The summed E-state index contributed by atoms with van der Waals surface area (Å²) in [6.45, 7) is 18.1. The number of aromatic nitrogens is 4. The Hall–Kier alpha value is -5.80. The minimum absolute atomic E-state index is 0. The number of nitrogens with zero attached hydrogens (tertiary/aromatic N) is 6. The van der Waals surface area contributed by atoms with Gasteiger partial charge in [0.05, 0.1) is 28.4 Å². The van der Waals surface area contributed by atoms with Gasteiger partial charge in [-0.25, -0.2) is 36.8 Å². The minimum atomic E-state index is -3.95. The second kappa shape index (κ2) is 27.8. The lowest BCUT2D eigenvalue weighted by Crippen LogP contribution is -2.47. The molecule has 19 heteroatoms. The van der Waals surface area contributed by atoms with E-state index in [1.807, 2.05) is 86.6 Å². The maximum Gasteiger partial charge on any atom is 0.220 e. The van der Waals surface area contributed by atoms with Gasteiger partial charge in [-0.05, 0) is 128 Å². The summed E-state index contributed by atoms with van der Waals surface area (Å²) in [6, 6.07) is 29.3. The lowest BCUT2D eigenvalue weighted by Gasteiger charge is -2.40. The molecule has 0 aliphatic rings. The van der Waals surface area contributed by atoms with Gasteiger partial charge in [-0.2, -0.15) is 8.61 Å². The molecule has 4 aromatic carbocycles. The zero-order valence-corrected chi connectivity index (χ0v) is 46.9. The molecule has 0 fully saturated rings. The highest BCUT2D eigenvalue weighted by Crippen LogP contribution is 2.41. The third-order valence-corrected chi connectivity index (χ3v) is 21.7. The van der Waals surface area contributed by atoms with Crippen LogP contribution in [0.4, 0.5) is 0 Å². The lowest BCUT2D eigenvalue weighted by molar-refractivity contribution is 0.162. The Morgan fingerprint density at radius 1 is 0.507 bits per heavy atom. The largest absolute Gasteiger partial charge is 0.497 e. The third kappa shape index (κ3) is 17.1. The predicted molar refractivity (Wildman–Crippen MR) is 300 cm³/mol. The Balaban J connectivity index is 0.000000391. The number of benzene rings is 4. The molecule has 2 heterocycles. The molecule has 0 saturated carbocycles. The molecule has 0 aliphatic carbocycles. The number of methoxy groups -OCH3 is 4. The van der Waals surface area contributed by atoms with Crippen molar-refractivity contribution in [2.45, 2.75) is 130 Å². The zero-order chi connectivity index (χ0) is 53.7. The topological polar surface area (TPSA) is 193 Å². The number of hydrogen-bond acceptors (Lipinski definition) is 14. The number of aliphatic hydroxyl groups is 1. The summed E-state index contributed by atoms with van der Waals surface area (Å²) >= 11 is 0. The van der Waals surface area contributed by atoms with Crippen LogP contribution in [-0.2, 0) is 50.7 Å². The number of sulfonamides is 2. The molecule has 410 valence electrons. The number of aliphatic hydroxyl groups excluding tert-OH is 1. The van der Waals surface area contributed by atoms with E-state index in [0.29, 0.717) is 28.8 Å². The summed E-state index contributed by atoms with van der Waals surface area (Å²) in [5.74, 6) is 3.24. The second-order valence-electron chi connectivity index (χ2n) is 19.4. The first kappa shape index (κ1) is 63.5. The second-order valence-corrected chi connectivity index (χ2v) is 28.7. The number of aryl methyl sites for hydroxylation is 2. The van der Waals surface area contributed by atoms with Crippen LogP contribution in [0.2, 0.25) is 18.1 Å². The Morgan fingerprint density at radius 2 is 0.773 bits per heavy atom. The zero-order valence-electron chi connectivity index (χ0n) is 44.3. The van der Waals surface area contributed by atoms with E-state index in [0.717, 1.165) is 33.4 Å². The Labute approximate surface area is 448 Å². The van der Waals surface area contributed by atoms with E-state index in [4.69, 9.17) is 23.4 Å². The van der Waals surface area contributed by atoms with Crippen molar-refractivity contribution in [1.29, 1.82) is 0 Å². The molecule has 4 atom stereocenters. The van der Waals surface area contributed by atoms with Crippen molar-refractivity contribution in [3.8, 4) is 23.0 Å². The molecule has 16 nitrogen and oxygen atoms in total. The fourth-order valence-corrected chi connectivity index (χ4v) is 11.8. The lowest BCUT2D eigenvalue weighted by atomic mass is 10.2. The van der Waals surface area contributed by atoms with Gasteiger partial charge in [-0.3, -0.25) is 0 Å². The Kier molecular flexibility index (Phi) is 23.6. The summed E-state index contributed by atoms with van der Waals surface area (Å²) in [5, 5.41) is 8.54. The Bertz CT molecular complexity index is 2770. The van der Waals surface area contributed by atoms with Gasteiger partial charge >= 0.3 is 0 Å². The fourth-order valence-electron chi connectivity index (χ4n) is 7.17. The van der Waals surface area contributed by atoms with Crippen LogP contribution < -0.4 is 18.9 Å². The van der Waals surface area contributed by atoms with Gasteiger partial charge < -0.3 is 28.5 Å². The van der Waals surface area contributed by atoms with Crippen LogP contribution in [0.3, 0.4) is 0 Å². The summed E-state index contributed by atoms with van der Waals surface area (Å²) in [4.78, 5) is 17.3. The summed E-state index contributed by atoms with van der Waals surface area (Å²) < 4.78 is 86.8. The van der Waals surface area contributed by atoms with Gasteiger partial charge in [0.25, 0.3) is 0 Å². The molecular formula is C56H80N6O10S2Si. The SMILES string of the molecule is C.C.COc1ccc(CN(Cc2ccc(OC)cc2)S(=O)(=O)[C@@H](C)[C@H](O)c2ncc(C)cn2)cc1.COc1ccc(CN(Cc2ccc(OC)cc2)S(=O)(=O)[C@@H](C)[C@H](O[Si](C)(C)C(C)(C)C)c2ncc(C)cn2)cc1. The van der Waals surface area contributed by atoms with Crippen molar-refractivity contribution in [2.24, 2.45) is 0 Å². The van der Waals surface area contributed by atoms with E-state index < -0.39 is 51.1 Å². The molecule has 0 saturated heterocycles. The van der Waals surface area contributed by atoms with Crippen LogP contribution in [-0.4, -0.2) is 97.7 Å². The minimum Gasteiger partial charge on any atom is -0.497 e. The van der Waals surface area contributed by atoms with Gasteiger partial charge in [-0.15, -0.1) is 0 Å². The summed E-state index contributed by atoms with van der Waals surface area (Å²) in [6.07, 6.45) is 4.31. The molecule has 6 aromatic rings. The summed E-state index contributed by atoms with van der Waals surface area (Å²) in [5.41, 5.74) is 4.99. The van der Waals surface area contributed by atoms with Crippen molar-refractivity contribution < 1.29 is 45.3 Å². The van der Waals surface area contributed by atoms with Crippen LogP contribution in [0.1, 0.15) is 107 Å². The Morgan fingerprint density at radius 3 is 1.04 bits per heavy atom. The van der Waals surface area contributed by atoms with Crippen molar-refractivity contribution in [3.05, 3.63) is 167 Å². The number of hydrogen-bond donors (Lipinski definition) is 1. The van der Waals surface area contributed by atoms with Crippen molar-refractivity contribution >= 4 is 28.4 Å². The van der Waals surface area contributed by atoms with Crippen LogP contribution in [0.5, 0.6) is 23.0 Å². The number of ether oxygens (including phenoxy) is 4. The smallest absolute Gasteiger partial charge is 0.220 e. The molecule has 0 bridgehead atoms. The van der Waals surface area contributed by atoms with E-state index in [1.165, 1.54) is 15.5 Å². The number of rotatable bonds is 22. The van der Waals surface area contributed by atoms with E-state index in [9.17, 15) is 21.9 Å². The maximum absolute atomic E-state index is 14.5. The van der Waals surface area contributed by atoms with Gasteiger partial charge in [0, 0.05) is 51.0 Å².